The summed E-state index contributed by atoms with van der Waals surface area (Å²) < 4.78 is 10.1. The van der Waals surface area contributed by atoms with Crippen molar-refractivity contribution < 1.29 is 14.3 Å². The van der Waals surface area contributed by atoms with E-state index < -0.39 is 5.54 Å². The molecule has 0 spiro atoms. The summed E-state index contributed by atoms with van der Waals surface area (Å²) in [6, 6.07) is 0. The van der Waals surface area contributed by atoms with Gasteiger partial charge in [-0.15, -0.1) is 0 Å². The Labute approximate surface area is 103 Å². The fourth-order valence-electron chi connectivity index (χ4n) is 1.93. The number of piperidine rings is 1. The molecule has 1 fully saturated rings. The van der Waals surface area contributed by atoms with Gasteiger partial charge in [0, 0.05) is 13.7 Å². The summed E-state index contributed by atoms with van der Waals surface area (Å²) in [5.74, 6) is 0.0764. The van der Waals surface area contributed by atoms with Crippen molar-refractivity contribution in [1.82, 2.24) is 10.6 Å². The molecule has 2 N–H and O–H groups in total. The Morgan fingerprint density at radius 3 is 2.82 bits per heavy atom. The van der Waals surface area contributed by atoms with Gasteiger partial charge in [0.2, 0.25) is 5.91 Å². The Morgan fingerprint density at radius 1 is 1.35 bits per heavy atom. The second-order valence-electron chi connectivity index (χ2n) is 4.58. The lowest BCUT2D eigenvalue weighted by Gasteiger charge is -2.33. The summed E-state index contributed by atoms with van der Waals surface area (Å²) in [5, 5.41) is 6.19. The van der Waals surface area contributed by atoms with Gasteiger partial charge in [-0.3, -0.25) is 4.79 Å². The maximum atomic E-state index is 12.0. The molecule has 0 radical (unpaired) electrons. The van der Waals surface area contributed by atoms with Crippen LogP contribution in [-0.4, -0.2) is 51.5 Å². The monoisotopic (exact) mass is 244 g/mol. The van der Waals surface area contributed by atoms with Crippen molar-refractivity contribution in [1.29, 1.82) is 0 Å². The van der Waals surface area contributed by atoms with Gasteiger partial charge in [-0.25, -0.2) is 0 Å². The molecule has 1 amide bonds. The summed E-state index contributed by atoms with van der Waals surface area (Å²) >= 11 is 0. The highest BCUT2D eigenvalue weighted by Crippen LogP contribution is 2.18. The van der Waals surface area contributed by atoms with E-state index in [9.17, 15) is 4.79 Å². The first-order chi connectivity index (χ1) is 8.19. The molecule has 0 saturated carbocycles. The molecule has 5 heteroatoms. The van der Waals surface area contributed by atoms with E-state index in [1.165, 1.54) is 0 Å². The molecular weight excluding hydrogens is 220 g/mol. The smallest absolute Gasteiger partial charge is 0.240 e. The third-order valence-electron chi connectivity index (χ3n) is 3.08. The first-order valence-corrected chi connectivity index (χ1v) is 6.29. The molecule has 1 saturated heterocycles. The first kappa shape index (κ1) is 14.4. The molecule has 1 rings (SSSR count). The van der Waals surface area contributed by atoms with Crippen molar-refractivity contribution in [3.63, 3.8) is 0 Å². The number of methoxy groups -OCH3 is 1. The molecule has 1 unspecified atom stereocenters. The third-order valence-corrected chi connectivity index (χ3v) is 3.08. The number of carbonyl (C=O) groups is 1. The summed E-state index contributed by atoms with van der Waals surface area (Å²) in [4.78, 5) is 12.0. The number of ether oxygens (including phenoxy) is 2. The number of rotatable bonds is 7. The summed E-state index contributed by atoms with van der Waals surface area (Å²) in [6.07, 6.45) is 3.17. The summed E-state index contributed by atoms with van der Waals surface area (Å²) in [5.41, 5.74) is -0.398. The highest BCUT2D eigenvalue weighted by Gasteiger charge is 2.33. The average molecular weight is 244 g/mol. The summed E-state index contributed by atoms with van der Waals surface area (Å²) in [7, 11) is 1.64. The molecule has 100 valence electrons. The van der Waals surface area contributed by atoms with Crippen molar-refractivity contribution >= 4 is 5.91 Å². The molecule has 5 nitrogen and oxygen atoms in total. The highest BCUT2D eigenvalue weighted by molar-refractivity contribution is 5.85. The minimum atomic E-state index is -0.398. The van der Waals surface area contributed by atoms with Crippen LogP contribution < -0.4 is 10.6 Å². The Bertz CT molecular complexity index is 228. The van der Waals surface area contributed by atoms with Crippen LogP contribution in [0.15, 0.2) is 0 Å². The van der Waals surface area contributed by atoms with E-state index in [4.69, 9.17) is 9.47 Å². The largest absolute Gasteiger partial charge is 0.382 e. The quantitative estimate of drug-likeness (QED) is 0.632. The summed E-state index contributed by atoms with van der Waals surface area (Å²) in [6.45, 7) is 5.14. The van der Waals surface area contributed by atoms with Gasteiger partial charge in [0.1, 0.15) is 0 Å². The normalized spacial score (nSPS) is 24.6. The van der Waals surface area contributed by atoms with Crippen LogP contribution in [0.3, 0.4) is 0 Å². The molecule has 1 aliphatic heterocycles. The lowest BCUT2D eigenvalue weighted by atomic mass is 9.90. The number of nitrogens with one attached hydrogen (secondary N) is 2. The Balaban J connectivity index is 2.11. The van der Waals surface area contributed by atoms with Crippen LogP contribution in [0.4, 0.5) is 0 Å². The molecule has 0 aromatic carbocycles. The van der Waals surface area contributed by atoms with E-state index in [0.29, 0.717) is 26.4 Å². The highest BCUT2D eigenvalue weighted by atomic mass is 16.5. The van der Waals surface area contributed by atoms with Crippen LogP contribution in [0, 0.1) is 0 Å². The molecule has 17 heavy (non-hydrogen) atoms. The fourth-order valence-corrected chi connectivity index (χ4v) is 1.93. The van der Waals surface area contributed by atoms with Crippen molar-refractivity contribution in [2.75, 3.05) is 40.0 Å². The topological polar surface area (TPSA) is 59.6 Å². The zero-order valence-corrected chi connectivity index (χ0v) is 10.9. The standard InChI is InChI=1S/C12H24N2O3/c1-12(5-3-4-6-14-12)11(15)13-7-8-17-10-9-16-2/h14H,3-10H2,1-2H3,(H,13,15). The Hall–Kier alpha value is -0.650. The zero-order chi connectivity index (χ0) is 12.6. The minimum Gasteiger partial charge on any atom is -0.382 e. The number of carbonyl (C=O) groups excluding carboxylic acids is 1. The lowest BCUT2D eigenvalue weighted by molar-refractivity contribution is -0.128. The molecule has 0 aromatic rings. The van der Waals surface area contributed by atoms with E-state index in [1.807, 2.05) is 6.92 Å². The van der Waals surface area contributed by atoms with E-state index in [1.54, 1.807) is 7.11 Å². The molecule has 1 heterocycles. The van der Waals surface area contributed by atoms with Crippen LogP contribution >= 0.6 is 0 Å². The first-order valence-electron chi connectivity index (χ1n) is 6.29. The molecule has 1 atom stereocenters. The molecular formula is C12H24N2O3. The predicted octanol–water partition coefficient (Wildman–Crippen LogP) is 0.298. The third kappa shape index (κ3) is 5.02. The molecule has 0 aromatic heterocycles. The molecule has 0 bridgehead atoms. The SMILES string of the molecule is COCCOCCNC(=O)C1(C)CCCCN1. The van der Waals surface area contributed by atoms with Gasteiger partial charge in [-0.1, -0.05) is 0 Å². The lowest BCUT2D eigenvalue weighted by Crippen LogP contribution is -2.57. The minimum absolute atomic E-state index is 0.0764. The Kier molecular flexibility index (Phi) is 6.47. The fraction of sp³-hybridized carbons (Fsp3) is 0.917. The van der Waals surface area contributed by atoms with Crippen molar-refractivity contribution in [2.24, 2.45) is 0 Å². The molecule has 0 aliphatic carbocycles. The van der Waals surface area contributed by atoms with Gasteiger partial charge in [0.25, 0.3) is 0 Å². The van der Waals surface area contributed by atoms with E-state index in [-0.39, 0.29) is 5.91 Å². The van der Waals surface area contributed by atoms with Crippen LogP contribution in [0.1, 0.15) is 26.2 Å². The number of hydrogen-bond acceptors (Lipinski definition) is 4. The van der Waals surface area contributed by atoms with Crippen LogP contribution in [0.5, 0.6) is 0 Å². The second kappa shape index (κ2) is 7.63. The van der Waals surface area contributed by atoms with Gasteiger partial charge in [0.15, 0.2) is 0 Å². The van der Waals surface area contributed by atoms with Crippen LogP contribution in [-0.2, 0) is 14.3 Å². The van der Waals surface area contributed by atoms with Gasteiger partial charge >= 0.3 is 0 Å². The van der Waals surface area contributed by atoms with E-state index in [2.05, 4.69) is 10.6 Å². The van der Waals surface area contributed by atoms with Gasteiger partial charge < -0.3 is 20.1 Å². The predicted molar refractivity (Wildman–Crippen MR) is 66.0 cm³/mol. The van der Waals surface area contributed by atoms with Crippen molar-refractivity contribution in [3.8, 4) is 0 Å². The Morgan fingerprint density at radius 2 is 2.18 bits per heavy atom. The van der Waals surface area contributed by atoms with E-state index in [0.717, 1.165) is 25.8 Å². The van der Waals surface area contributed by atoms with Gasteiger partial charge in [0.05, 0.1) is 25.4 Å². The zero-order valence-electron chi connectivity index (χ0n) is 10.9. The van der Waals surface area contributed by atoms with Crippen LogP contribution in [0.2, 0.25) is 0 Å². The molecule has 1 aliphatic rings. The van der Waals surface area contributed by atoms with Gasteiger partial charge in [-0.05, 0) is 32.7 Å². The van der Waals surface area contributed by atoms with E-state index >= 15 is 0 Å². The number of amides is 1. The average Bonchev–Trinajstić information content (AvgIpc) is 2.34. The maximum Gasteiger partial charge on any atom is 0.240 e. The van der Waals surface area contributed by atoms with Crippen LogP contribution in [0.25, 0.3) is 0 Å². The second-order valence-corrected chi connectivity index (χ2v) is 4.58. The van der Waals surface area contributed by atoms with Gasteiger partial charge in [-0.2, -0.15) is 0 Å². The maximum absolute atomic E-state index is 12.0. The number of hydrogen-bond donors (Lipinski definition) is 2. The van der Waals surface area contributed by atoms with Crippen molar-refractivity contribution in [2.45, 2.75) is 31.7 Å². The van der Waals surface area contributed by atoms with Crippen molar-refractivity contribution in [3.05, 3.63) is 0 Å².